The highest BCUT2D eigenvalue weighted by molar-refractivity contribution is 5.89. The summed E-state index contributed by atoms with van der Waals surface area (Å²) in [4.78, 5) is 28.4. The Kier molecular flexibility index (Phi) is 11.9. The largest absolute Gasteiger partial charge is 0.512 e. The maximum absolute atomic E-state index is 12.9. The number of methoxy groups -OCH3 is 2. The molecule has 0 amide bonds. The van der Waals surface area contributed by atoms with Crippen LogP contribution in [0.2, 0.25) is 0 Å². The van der Waals surface area contributed by atoms with E-state index in [0.717, 1.165) is 11.6 Å². The van der Waals surface area contributed by atoms with Gasteiger partial charge in [0.25, 0.3) is 0 Å². The Labute approximate surface area is 206 Å². The quantitative estimate of drug-likeness (QED) is 0.378. The van der Waals surface area contributed by atoms with Crippen LogP contribution in [0.4, 0.5) is 8.78 Å². The molecule has 1 N–H and O–H groups in total. The van der Waals surface area contributed by atoms with Gasteiger partial charge in [-0.1, -0.05) is 18.7 Å². The summed E-state index contributed by atoms with van der Waals surface area (Å²) in [6.07, 6.45) is 4.59. The molecule has 1 unspecified atom stereocenters. The number of halogens is 2. The number of esters is 2. The van der Waals surface area contributed by atoms with E-state index in [-0.39, 0.29) is 30.6 Å². The fourth-order valence-corrected chi connectivity index (χ4v) is 3.04. The first-order valence-electron chi connectivity index (χ1n) is 10.4. The SMILES string of the molecule is C=CC(=O)OC.COC(=O)C1=C(O)CCC(C#N)(c2ccc(F)nc2)C1.N#CCc1ccc(F)nc1. The highest BCUT2D eigenvalue weighted by atomic mass is 19.1. The summed E-state index contributed by atoms with van der Waals surface area (Å²) in [7, 11) is 2.52. The molecule has 1 aliphatic rings. The molecular formula is C25H24F2N4O5. The number of hydrogen-bond donors (Lipinski definition) is 1. The number of ether oxygens (including phenoxy) is 2. The van der Waals surface area contributed by atoms with Crippen LogP contribution in [-0.4, -0.2) is 41.2 Å². The second-order valence-electron chi connectivity index (χ2n) is 7.21. The first kappa shape index (κ1) is 29.4. The minimum atomic E-state index is -1.00. The normalized spacial score (nSPS) is 15.9. The van der Waals surface area contributed by atoms with Crippen molar-refractivity contribution < 1.29 is 33.0 Å². The second-order valence-corrected chi connectivity index (χ2v) is 7.21. The molecular weight excluding hydrogens is 474 g/mol. The fraction of sp³-hybridized carbons (Fsp3) is 0.280. The maximum atomic E-state index is 12.9. The zero-order chi connectivity index (χ0) is 27.1. The third kappa shape index (κ3) is 8.61. The second kappa shape index (κ2) is 14.6. The van der Waals surface area contributed by atoms with Crippen LogP contribution in [0, 0.1) is 34.6 Å². The Bertz CT molecular complexity index is 1170. The van der Waals surface area contributed by atoms with Gasteiger partial charge in [0.15, 0.2) is 0 Å². The molecule has 3 rings (SSSR count). The van der Waals surface area contributed by atoms with Gasteiger partial charge in [0.2, 0.25) is 11.9 Å². The number of allylic oxidation sites excluding steroid dienone is 1. The molecule has 0 radical (unpaired) electrons. The molecule has 1 aliphatic carbocycles. The first-order valence-corrected chi connectivity index (χ1v) is 10.4. The smallest absolute Gasteiger partial charge is 0.337 e. The molecule has 11 heteroatoms. The van der Waals surface area contributed by atoms with Gasteiger partial charge in [-0.3, -0.25) is 0 Å². The van der Waals surface area contributed by atoms with Crippen LogP contribution in [0.15, 0.2) is 60.6 Å². The molecule has 0 saturated carbocycles. The van der Waals surface area contributed by atoms with Crippen molar-refractivity contribution in [2.45, 2.75) is 31.1 Å². The average Bonchev–Trinajstić information content (AvgIpc) is 2.91. The van der Waals surface area contributed by atoms with Gasteiger partial charge >= 0.3 is 11.9 Å². The third-order valence-electron chi connectivity index (χ3n) is 4.98. The molecule has 0 saturated heterocycles. The van der Waals surface area contributed by atoms with E-state index in [9.17, 15) is 28.7 Å². The average molecular weight is 498 g/mol. The summed E-state index contributed by atoms with van der Waals surface area (Å²) in [5.41, 5.74) is 0.347. The van der Waals surface area contributed by atoms with E-state index >= 15 is 0 Å². The maximum Gasteiger partial charge on any atom is 0.337 e. The van der Waals surface area contributed by atoms with Crippen LogP contribution in [0.5, 0.6) is 0 Å². The monoisotopic (exact) mass is 498 g/mol. The van der Waals surface area contributed by atoms with Gasteiger partial charge in [-0.15, -0.1) is 0 Å². The Morgan fingerprint density at radius 2 is 1.78 bits per heavy atom. The number of pyridine rings is 2. The van der Waals surface area contributed by atoms with E-state index in [2.05, 4.69) is 32.1 Å². The predicted molar refractivity (Wildman–Crippen MR) is 123 cm³/mol. The van der Waals surface area contributed by atoms with Crippen molar-refractivity contribution in [3.63, 3.8) is 0 Å². The van der Waals surface area contributed by atoms with Crippen molar-refractivity contribution in [1.29, 1.82) is 10.5 Å². The zero-order valence-electron chi connectivity index (χ0n) is 19.7. The lowest BCUT2D eigenvalue weighted by atomic mass is 9.70. The summed E-state index contributed by atoms with van der Waals surface area (Å²) in [5, 5.41) is 27.5. The van der Waals surface area contributed by atoms with Crippen molar-refractivity contribution >= 4 is 11.9 Å². The molecule has 0 aliphatic heterocycles. The van der Waals surface area contributed by atoms with Crippen LogP contribution < -0.4 is 0 Å². The molecule has 0 spiro atoms. The molecule has 2 aromatic heterocycles. The predicted octanol–water partition coefficient (Wildman–Crippen LogP) is 3.78. The number of carbonyl (C=O) groups is 2. The van der Waals surface area contributed by atoms with Crippen molar-refractivity contribution in [2.75, 3.05) is 14.2 Å². The number of aliphatic hydroxyl groups is 1. The highest BCUT2D eigenvalue weighted by Crippen LogP contribution is 2.41. The number of nitriles is 2. The van der Waals surface area contributed by atoms with Gasteiger partial charge in [0.05, 0.1) is 43.8 Å². The number of nitrogens with zero attached hydrogens (tertiary/aromatic N) is 4. The van der Waals surface area contributed by atoms with E-state index in [1.54, 1.807) is 6.07 Å². The molecule has 2 aromatic rings. The van der Waals surface area contributed by atoms with Crippen molar-refractivity contribution in [2.24, 2.45) is 0 Å². The van der Waals surface area contributed by atoms with Crippen LogP contribution in [0.25, 0.3) is 0 Å². The molecule has 0 fully saturated rings. The zero-order valence-corrected chi connectivity index (χ0v) is 19.7. The Balaban J connectivity index is 0.000000335. The van der Waals surface area contributed by atoms with Crippen molar-refractivity contribution in [3.05, 3.63) is 83.7 Å². The van der Waals surface area contributed by atoms with E-state index in [0.29, 0.717) is 12.0 Å². The van der Waals surface area contributed by atoms with Crippen LogP contribution >= 0.6 is 0 Å². The number of hydrogen-bond acceptors (Lipinski definition) is 9. The van der Waals surface area contributed by atoms with E-state index in [4.69, 9.17) is 5.26 Å². The van der Waals surface area contributed by atoms with E-state index in [1.165, 1.54) is 44.8 Å². The lowest BCUT2D eigenvalue weighted by molar-refractivity contribution is -0.137. The van der Waals surface area contributed by atoms with Gasteiger partial charge in [-0.05, 0) is 29.7 Å². The minimum absolute atomic E-state index is 0.0231. The Morgan fingerprint density at radius 3 is 2.19 bits per heavy atom. The number of rotatable bonds is 4. The molecule has 0 bridgehead atoms. The molecule has 188 valence electrons. The van der Waals surface area contributed by atoms with Crippen molar-refractivity contribution in [3.8, 4) is 12.1 Å². The summed E-state index contributed by atoms with van der Waals surface area (Å²) < 4.78 is 33.8. The first-order chi connectivity index (χ1) is 17.2. The van der Waals surface area contributed by atoms with E-state index < -0.39 is 29.2 Å². The van der Waals surface area contributed by atoms with Crippen LogP contribution in [0.3, 0.4) is 0 Å². The summed E-state index contributed by atoms with van der Waals surface area (Å²) >= 11 is 0. The number of aliphatic hydroxyl groups excluding tert-OH is 1. The molecule has 1 atom stereocenters. The topological polar surface area (TPSA) is 146 Å². The summed E-state index contributed by atoms with van der Waals surface area (Å²) in [6.45, 7) is 3.16. The Hall–Kier alpha value is -4.64. The Morgan fingerprint density at radius 1 is 1.14 bits per heavy atom. The molecule has 0 aromatic carbocycles. The lowest BCUT2D eigenvalue weighted by Crippen LogP contribution is -2.31. The summed E-state index contributed by atoms with van der Waals surface area (Å²) in [5.74, 6) is -2.25. The van der Waals surface area contributed by atoms with Crippen LogP contribution in [-0.2, 0) is 30.9 Å². The lowest BCUT2D eigenvalue weighted by Gasteiger charge is -2.31. The number of carbonyl (C=O) groups excluding carboxylic acids is 2. The van der Waals surface area contributed by atoms with Crippen LogP contribution in [0.1, 0.15) is 30.4 Å². The highest BCUT2D eigenvalue weighted by Gasteiger charge is 2.40. The molecule has 9 nitrogen and oxygen atoms in total. The third-order valence-corrected chi connectivity index (χ3v) is 4.98. The van der Waals surface area contributed by atoms with Gasteiger partial charge in [-0.25, -0.2) is 19.6 Å². The van der Waals surface area contributed by atoms with Gasteiger partial charge < -0.3 is 14.6 Å². The van der Waals surface area contributed by atoms with Crippen molar-refractivity contribution in [1.82, 2.24) is 9.97 Å². The standard InChI is InChI=1S/C14H13FN2O3.C7H5FN2.C4H6O2/c1-20-13(19)10-6-14(8-16,5-4-11(10)18)9-2-3-12(15)17-7-9;8-7-2-1-6(3-4-9)5-10-7;1-3-4(5)6-2/h2-3,7,18H,4-6H2,1H3;1-2,5H,3H2;3H,1H2,2H3. The molecule has 36 heavy (non-hydrogen) atoms. The minimum Gasteiger partial charge on any atom is -0.512 e. The van der Waals surface area contributed by atoms with E-state index in [1.807, 2.05) is 6.07 Å². The number of aromatic nitrogens is 2. The van der Waals surface area contributed by atoms with Gasteiger partial charge in [0, 0.05) is 31.3 Å². The van der Waals surface area contributed by atoms with Gasteiger partial charge in [-0.2, -0.15) is 19.3 Å². The molecule has 2 heterocycles. The summed E-state index contributed by atoms with van der Waals surface area (Å²) in [6, 6.07) is 9.54. The van der Waals surface area contributed by atoms with Gasteiger partial charge in [0.1, 0.15) is 5.76 Å². The fourth-order valence-electron chi connectivity index (χ4n) is 3.04.